The highest BCUT2D eigenvalue weighted by molar-refractivity contribution is 5.31. The number of hydrogen-bond acceptors (Lipinski definition) is 3. The maximum atomic E-state index is 9.70. The fraction of sp³-hybridized carbons (Fsp3) is 0.579. The van der Waals surface area contributed by atoms with E-state index in [9.17, 15) is 5.11 Å². The summed E-state index contributed by atoms with van der Waals surface area (Å²) >= 11 is 0. The number of fused-ring (bicyclic) bond motifs is 1. The third-order valence-electron chi connectivity index (χ3n) is 5.70. The Kier molecular flexibility index (Phi) is 4.55. The molecule has 3 N–H and O–H groups in total. The molecule has 1 saturated carbocycles. The summed E-state index contributed by atoms with van der Waals surface area (Å²) in [6.07, 6.45) is 5.13. The van der Waals surface area contributed by atoms with E-state index in [0.29, 0.717) is 17.7 Å². The lowest BCUT2D eigenvalue weighted by Gasteiger charge is -2.56. The van der Waals surface area contributed by atoms with Crippen molar-refractivity contribution in [2.24, 2.45) is 17.3 Å². The highest BCUT2D eigenvalue weighted by atomic mass is 16.3. The predicted molar refractivity (Wildman–Crippen MR) is 90.8 cm³/mol. The molecule has 3 aliphatic carbocycles. The molecular formula is C19H28N2O. The van der Waals surface area contributed by atoms with Crippen molar-refractivity contribution in [2.75, 3.05) is 19.6 Å². The minimum Gasteiger partial charge on any atom is -0.508 e. The van der Waals surface area contributed by atoms with Gasteiger partial charge in [0.05, 0.1) is 0 Å². The maximum Gasteiger partial charge on any atom is 0.120 e. The molecule has 22 heavy (non-hydrogen) atoms. The van der Waals surface area contributed by atoms with Crippen LogP contribution in [0.5, 0.6) is 5.75 Å². The van der Waals surface area contributed by atoms with Crippen molar-refractivity contribution in [1.82, 2.24) is 10.6 Å². The van der Waals surface area contributed by atoms with Crippen LogP contribution in [0.15, 0.2) is 35.9 Å². The second-order valence-electron chi connectivity index (χ2n) is 7.30. The van der Waals surface area contributed by atoms with Crippen LogP contribution in [0.2, 0.25) is 0 Å². The lowest BCUT2D eigenvalue weighted by Crippen LogP contribution is -2.49. The van der Waals surface area contributed by atoms with Gasteiger partial charge in [-0.25, -0.2) is 0 Å². The number of rotatable bonds is 7. The van der Waals surface area contributed by atoms with E-state index in [1.807, 2.05) is 18.2 Å². The maximum absolute atomic E-state index is 9.70. The zero-order valence-corrected chi connectivity index (χ0v) is 13.7. The van der Waals surface area contributed by atoms with E-state index in [4.69, 9.17) is 0 Å². The Labute approximate surface area is 133 Å². The van der Waals surface area contributed by atoms with Gasteiger partial charge in [-0.15, -0.1) is 0 Å². The first-order valence-corrected chi connectivity index (χ1v) is 8.46. The van der Waals surface area contributed by atoms with Gasteiger partial charge in [-0.1, -0.05) is 43.7 Å². The number of para-hydroxylation sites is 1. The van der Waals surface area contributed by atoms with Crippen LogP contribution in [0, 0.1) is 17.3 Å². The molecule has 2 bridgehead atoms. The molecule has 0 aliphatic heterocycles. The molecule has 0 aromatic heterocycles. The van der Waals surface area contributed by atoms with Crippen LogP contribution in [-0.4, -0.2) is 24.7 Å². The molecule has 0 heterocycles. The quantitative estimate of drug-likeness (QED) is 0.535. The number of phenolic OH excluding ortho intramolecular Hbond substituents is 1. The van der Waals surface area contributed by atoms with Crippen molar-refractivity contribution < 1.29 is 5.11 Å². The molecule has 3 heteroatoms. The Hall–Kier alpha value is -1.32. The van der Waals surface area contributed by atoms with Gasteiger partial charge < -0.3 is 15.7 Å². The van der Waals surface area contributed by atoms with Crippen molar-refractivity contribution in [3.05, 3.63) is 41.5 Å². The molecule has 1 aromatic carbocycles. The Balaban J connectivity index is 1.33. The third-order valence-corrected chi connectivity index (χ3v) is 5.70. The minimum atomic E-state index is 0.372. The molecule has 3 aliphatic rings. The Morgan fingerprint density at radius 3 is 2.55 bits per heavy atom. The number of allylic oxidation sites excluding steroid dienone is 1. The fourth-order valence-electron chi connectivity index (χ4n) is 3.97. The summed E-state index contributed by atoms with van der Waals surface area (Å²) in [6, 6.07) is 7.50. The lowest BCUT2D eigenvalue weighted by atomic mass is 9.49. The lowest BCUT2D eigenvalue weighted by molar-refractivity contribution is -0.00733. The second-order valence-corrected chi connectivity index (χ2v) is 7.30. The first kappa shape index (κ1) is 15.6. The SMILES string of the molecule is CC1(C)[C@@H]2CC=C(CNCCNCc3ccccc3O)[C@H]1C2. The van der Waals surface area contributed by atoms with Gasteiger partial charge in [-0.05, 0) is 36.2 Å². The van der Waals surface area contributed by atoms with Crippen LogP contribution in [0.1, 0.15) is 32.3 Å². The van der Waals surface area contributed by atoms with E-state index in [1.165, 1.54) is 12.8 Å². The number of nitrogens with one attached hydrogen (secondary N) is 2. The highest BCUT2D eigenvalue weighted by Gasteiger charge is 2.50. The van der Waals surface area contributed by atoms with Gasteiger partial charge in [-0.2, -0.15) is 0 Å². The summed E-state index contributed by atoms with van der Waals surface area (Å²) in [4.78, 5) is 0. The molecule has 1 aromatic rings. The Morgan fingerprint density at radius 2 is 1.86 bits per heavy atom. The van der Waals surface area contributed by atoms with E-state index >= 15 is 0 Å². The molecule has 0 amide bonds. The minimum absolute atomic E-state index is 0.372. The summed E-state index contributed by atoms with van der Waals surface area (Å²) in [6.45, 7) is 8.47. The molecular weight excluding hydrogens is 272 g/mol. The summed E-state index contributed by atoms with van der Waals surface area (Å²) in [5.41, 5.74) is 3.10. The van der Waals surface area contributed by atoms with Gasteiger partial charge in [0.2, 0.25) is 0 Å². The van der Waals surface area contributed by atoms with Crippen molar-refractivity contribution >= 4 is 0 Å². The first-order chi connectivity index (χ1) is 10.6. The van der Waals surface area contributed by atoms with Gasteiger partial charge in [0.25, 0.3) is 0 Å². The zero-order chi connectivity index (χ0) is 15.6. The second kappa shape index (κ2) is 6.43. The van der Waals surface area contributed by atoms with Gasteiger partial charge in [0.1, 0.15) is 5.75 Å². The van der Waals surface area contributed by atoms with E-state index < -0.39 is 0 Å². The number of aromatic hydroxyl groups is 1. The van der Waals surface area contributed by atoms with Crippen molar-refractivity contribution in [3.63, 3.8) is 0 Å². The zero-order valence-electron chi connectivity index (χ0n) is 13.7. The summed E-state index contributed by atoms with van der Waals surface area (Å²) in [5, 5.41) is 16.6. The topological polar surface area (TPSA) is 44.3 Å². The number of phenols is 1. The number of hydrogen-bond donors (Lipinski definition) is 3. The molecule has 0 unspecified atom stereocenters. The number of benzene rings is 1. The van der Waals surface area contributed by atoms with Gasteiger partial charge in [0.15, 0.2) is 0 Å². The van der Waals surface area contributed by atoms with Crippen LogP contribution in [0.3, 0.4) is 0 Å². The van der Waals surface area contributed by atoms with Crippen LogP contribution in [0.25, 0.3) is 0 Å². The molecule has 0 radical (unpaired) electrons. The molecule has 0 spiro atoms. The van der Waals surface area contributed by atoms with E-state index in [0.717, 1.165) is 37.0 Å². The summed E-state index contributed by atoms with van der Waals surface area (Å²) < 4.78 is 0. The van der Waals surface area contributed by atoms with Crippen LogP contribution >= 0.6 is 0 Å². The molecule has 0 saturated heterocycles. The molecule has 2 atom stereocenters. The highest BCUT2D eigenvalue weighted by Crippen LogP contribution is 2.58. The van der Waals surface area contributed by atoms with Crippen LogP contribution < -0.4 is 10.6 Å². The third kappa shape index (κ3) is 3.06. The van der Waals surface area contributed by atoms with Crippen molar-refractivity contribution in [3.8, 4) is 5.75 Å². The molecule has 120 valence electrons. The van der Waals surface area contributed by atoms with E-state index in [-0.39, 0.29) is 0 Å². The standard InChI is InChI=1S/C19H28N2O/c1-19(2)16-8-7-14(17(19)11-16)12-20-9-10-21-13-15-5-3-4-6-18(15)22/h3-7,16-17,20-22H,8-13H2,1-2H3/t16-,17-/m1/s1. The van der Waals surface area contributed by atoms with Gasteiger partial charge in [0, 0.05) is 31.7 Å². The predicted octanol–water partition coefficient (Wildman–Crippen LogP) is 3.06. The molecule has 1 fully saturated rings. The average molecular weight is 300 g/mol. The van der Waals surface area contributed by atoms with Crippen molar-refractivity contribution in [2.45, 2.75) is 33.2 Å². The largest absolute Gasteiger partial charge is 0.508 e. The van der Waals surface area contributed by atoms with Crippen molar-refractivity contribution in [1.29, 1.82) is 0 Å². The van der Waals surface area contributed by atoms with Gasteiger partial charge in [-0.3, -0.25) is 0 Å². The average Bonchev–Trinajstić information content (AvgIpc) is 2.52. The summed E-state index contributed by atoms with van der Waals surface area (Å²) in [7, 11) is 0. The Morgan fingerprint density at radius 1 is 1.14 bits per heavy atom. The van der Waals surface area contributed by atoms with Crippen LogP contribution in [-0.2, 0) is 6.54 Å². The molecule has 3 nitrogen and oxygen atoms in total. The van der Waals surface area contributed by atoms with Crippen LogP contribution in [0.4, 0.5) is 0 Å². The Bertz CT molecular complexity index is 550. The monoisotopic (exact) mass is 300 g/mol. The van der Waals surface area contributed by atoms with E-state index in [2.05, 4.69) is 30.6 Å². The van der Waals surface area contributed by atoms with Gasteiger partial charge >= 0.3 is 0 Å². The van der Waals surface area contributed by atoms with E-state index in [1.54, 1.807) is 11.6 Å². The molecule has 4 rings (SSSR count). The fourth-order valence-corrected chi connectivity index (χ4v) is 3.97. The first-order valence-electron chi connectivity index (χ1n) is 8.46. The summed E-state index contributed by atoms with van der Waals surface area (Å²) in [5.74, 6) is 2.09. The normalized spacial score (nSPS) is 25.5. The smallest absolute Gasteiger partial charge is 0.120 e.